The zero-order valence-electron chi connectivity index (χ0n) is 76.9. The van der Waals surface area contributed by atoms with Gasteiger partial charge in [-0.05, 0) is 151 Å². The zero-order valence-corrected chi connectivity index (χ0v) is 78.6. The number of imidazole rings is 2. The first kappa shape index (κ1) is 106. The third-order valence-corrected chi connectivity index (χ3v) is 24.5. The summed E-state index contributed by atoms with van der Waals surface area (Å²) >= 11 is 0. The molecule has 0 fully saturated rings. The van der Waals surface area contributed by atoms with E-state index in [0.29, 0.717) is 149 Å². The van der Waals surface area contributed by atoms with E-state index in [0.717, 1.165) is 49.3 Å². The maximum Gasteiger partial charge on any atom is 0.325 e. The van der Waals surface area contributed by atoms with E-state index in [9.17, 15) is 74.4 Å². The molecule has 4 aromatic carbocycles. The van der Waals surface area contributed by atoms with Gasteiger partial charge in [-0.1, -0.05) is 60.9 Å². The lowest BCUT2D eigenvalue weighted by atomic mass is 10.1. The van der Waals surface area contributed by atoms with Crippen LogP contribution in [0, 0.1) is 41.5 Å². The van der Waals surface area contributed by atoms with E-state index in [1.54, 1.807) is 117 Å². The summed E-state index contributed by atoms with van der Waals surface area (Å²) in [6, 6.07) is 14.0. The Kier molecular flexibility index (Phi) is 42.9. The number of nitrogens with zero attached hydrogens (tertiary/aromatic N) is 6. The fourth-order valence-corrected chi connectivity index (χ4v) is 17.8. The van der Waals surface area contributed by atoms with Crippen molar-refractivity contribution in [3.63, 3.8) is 0 Å². The number of benzene rings is 4. The Morgan fingerprint density at radius 3 is 1.14 bits per heavy atom. The van der Waals surface area contributed by atoms with Crippen molar-refractivity contribution in [3.8, 4) is 0 Å². The number of hydrogen-bond acceptors (Lipinski definition) is 25. The lowest BCUT2D eigenvalue weighted by molar-refractivity contribution is -0.143. The van der Waals surface area contributed by atoms with E-state index >= 15 is 0 Å². The summed E-state index contributed by atoms with van der Waals surface area (Å²) in [5, 5.41) is 31.9. The van der Waals surface area contributed by atoms with E-state index in [-0.39, 0.29) is 125 Å². The van der Waals surface area contributed by atoms with Crippen molar-refractivity contribution in [1.29, 1.82) is 0 Å². The average molecular weight is 1860 g/mol. The number of fused-ring (bicyclic) bond motifs is 2. The first-order valence-corrected chi connectivity index (χ1v) is 46.5. The molecule has 0 aliphatic rings. The molecule has 0 aliphatic heterocycles. The minimum atomic E-state index is -4.26. The summed E-state index contributed by atoms with van der Waals surface area (Å²) in [5.74, 6) is -3.57. The highest BCUT2D eigenvalue weighted by atomic mass is 32.2. The van der Waals surface area contributed by atoms with Gasteiger partial charge in [0.25, 0.3) is 11.8 Å². The molecule has 8 amide bonds. The van der Waals surface area contributed by atoms with Gasteiger partial charge < -0.3 is 95.7 Å². The number of pyridine rings is 2. The molecular formula is C90H127N19O20S2. The number of nitrogens with one attached hydrogen (secondary N) is 13. The zero-order chi connectivity index (χ0) is 95.9. The molecule has 0 saturated carbocycles. The quantitative estimate of drug-likeness (QED) is 0.0189. The molecule has 0 aliphatic carbocycles. The molecule has 0 saturated heterocycles. The molecule has 41 heteroatoms. The molecular weight excluding hydrogens is 1730 g/mol. The lowest BCUT2D eigenvalue weighted by Crippen LogP contribution is -2.49. The number of esters is 2. The Balaban J connectivity index is 0.000000359. The highest BCUT2D eigenvalue weighted by molar-refractivity contribution is 7.90. The van der Waals surface area contributed by atoms with Gasteiger partial charge in [-0.25, -0.2) is 26.8 Å². The van der Waals surface area contributed by atoms with Crippen LogP contribution < -0.4 is 78.8 Å². The fraction of sp³-hybridized carbons (Fsp3) is 0.489. The summed E-state index contributed by atoms with van der Waals surface area (Å²) in [6.45, 7) is 18.2. The molecule has 0 bridgehead atoms. The van der Waals surface area contributed by atoms with Crippen LogP contribution in [0.25, 0.3) is 21.8 Å². The van der Waals surface area contributed by atoms with Crippen LogP contribution in [0.3, 0.4) is 0 Å². The van der Waals surface area contributed by atoms with Gasteiger partial charge in [0.1, 0.15) is 23.2 Å². The maximum absolute atomic E-state index is 13.9. The van der Waals surface area contributed by atoms with E-state index < -0.39 is 79.8 Å². The largest absolute Gasteiger partial charge is 0.468 e. The molecule has 3 atom stereocenters. The number of carbonyl (C=O) groups is 10. The molecule has 39 nitrogen and oxygen atoms in total. The first-order valence-electron chi connectivity index (χ1n) is 43.6. The van der Waals surface area contributed by atoms with Crippen LogP contribution >= 0.6 is 0 Å². The van der Waals surface area contributed by atoms with Crippen LogP contribution in [0.15, 0.2) is 117 Å². The summed E-state index contributed by atoms with van der Waals surface area (Å²) in [7, 11) is -0.853. The van der Waals surface area contributed by atoms with Gasteiger partial charge in [0.05, 0.1) is 41.1 Å². The summed E-state index contributed by atoms with van der Waals surface area (Å²) in [4.78, 5) is 163. The van der Waals surface area contributed by atoms with Crippen molar-refractivity contribution in [3.05, 3.63) is 174 Å². The molecule has 4 aromatic heterocycles. The number of carbonyl (C=O) groups excluding carboxylic acids is 10. The van der Waals surface area contributed by atoms with Crippen molar-refractivity contribution in [2.45, 2.75) is 187 Å². The number of aryl methyl sites for hydroxylation is 10. The Morgan fingerprint density at radius 1 is 0.458 bits per heavy atom. The highest BCUT2D eigenvalue weighted by Crippen LogP contribution is 2.26. The second-order valence-electron chi connectivity index (χ2n) is 31.7. The minimum absolute atomic E-state index is 0.000535. The third-order valence-electron chi connectivity index (χ3n) is 20.9. The van der Waals surface area contributed by atoms with Gasteiger partial charge in [-0.2, -0.15) is 9.44 Å². The van der Waals surface area contributed by atoms with Crippen LogP contribution in [0.4, 0.5) is 11.9 Å². The Hall–Kier alpha value is -12.3. The molecule has 0 radical (unpaired) electrons. The summed E-state index contributed by atoms with van der Waals surface area (Å²) in [6.07, 6.45) is 14.7. The van der Waals surface area contributed by atoms with Crippen molar-refractivity contribution >= 4 is 113 Å². The topological polar surface area (TPSA) is 512 Å². The molecule has 0 spiro atoms. The molecule has 4 heterocycles. The number of aromatic nitrogens is 6. The summed E-state index contributed by atoms with van der Waals surface area (Å²) < 4.78 is 86.8. The van der Waals surface area contributed by atoms with Crippen molar-refractivity contribution in [1.82, 2.24) is 85.5 Å². The van der Waals surface area contributed by atoms with Gasteiger partial charge >= 0.3 is 11.9 Å². The normalized spacial score (nSPS) is 12.0. The SMILES string of the molecule is CCCC(NC)C(=O)NCCCOCCCNC(=O)CCC(=O)NCCCn1cc(C(=O)NCC(NS(=O)(=O)c2c(C)cc(C)cc2C)C(=O)OC)c(=O)c2ccc(CNc3nccn3C)cc21.COC(=O)[C@H](CNC(=O)c1cn(CCCNC(=O)CCC(=O)NCCCOCCCNC(C)=O)c2cc(CNc3nccn3C)ccc2c1=O)NS(=O)(=O)c1c(C)cc(C)cc1C. The van der Waals surface area contributed by atoms with Crippen molar-refractivity contribution in [2.75, 3.05) is 111 Å². The average Bonchev–Trinajstić information content (AvgIpc) is 1.16. The van der Waals surface area contributed by atoms with Crippen LogP contribution in [-0.2, 0) is 118 Å². The number of ether oxygens (including phenoxy) is 4. The number of hydrogen-bond donors (Lipinski definition) is 13. The smallest absolute Gasteiger partial charge is 0.325 e. The van der Waals surface area contributed by atoms with Crippen LogP contribution in [-0.4, -0.2) is 222 Å². The summed E-state index contributed by atoms with van der Waals surface area (Å²) in [5.41, 5.74) is 4.66. The molecule has 2 unspecified atom stereocenters. The van der Waals surface area contributed by atoms with Crippen molar-refractivity contribution in [2.24, 2.45) is 14.1 Å². The fourth-order valence-electron chi connectivity index (χ4n) is 14.5. The molecule has 8 aromatic rings. The van der Waals surface area contributed by atoms with Gasteiger partial charge in [0.2, 0.25) is 78.2 Å². The Labute approximate surface area is 763 Å². The lowest BCUT2D eigenvalue weighted by Gasteiger charge is -2.20. The van der Waals surface area contributed by atoms with Crippen LogP contribution in [0.1, 0.15) is 156 Å². The van der Waals surface area contributed by atoms with Crippen LogP contribution in [0.2, 0.25) is 0 Å². The Bertz CT molecular complexity index is 5610. The van der Waals surface area contributed by atoms with Gasteiger partial charge in [0.15, 0.2) is 0 Å². The minimum Gasteiger partial charge on any atom is -0.468 e. The standard InChI is InChI=1S/C47H68N10O10S.C43H59N9O10S/c1-8-12-37(48-5)45(62)51-19-11-24-67-23-10-18-50-41(59)16-15-40(58)49-17-9-21-57-30-36(42(60)35-14-13-34(27-39(35)57)28-54-47-52-20-22-56(47)6)44(61)53-29-38(46(63)66-7)55-68(64,65)43-32(3)25-31(2)26-33(43)4;1-28-22-29(2)40(30(3)23-28)63(59,60)50-35(42(58)61-6)26-48-41(57)34-27-52(36-24-32(10-11-33(36)39(34)56)25-49-43-47-17-19-51(43)5)18-7-14-45-37(54)12-13-38(55)46-16-9-21-62-20-8-15-44-31(4)53/h13-14,20,22,25-27,30,37-38,48,55H,8-12,15-19,21,23-24,28-29H2,1-7H3,(H,49,58)(H,50,59)(H,51,62)(H,52,54)(H,53,61);10-11,17,19,22-24,27,35,50H,7-9,12-16,18,20-21,25-26H2,1-6H3,(H,44,53)(H,45,54)(H,46,55)(H,47,49)(H,48,57)/t;35-/m.0/s1. The Morgan fingerprint density at radius 2 is 0.809 bits per heavy atom. The third kappa shape index (κ3) is 33.6. The number of methoxy groups -OCH3 is 2. The number of sulfonamides is 2. The monoisotopic (exact) mass is 1860 g/mol. The second-order valence-corrected chi connectivity index (χ2v) is 35.0. The van der Waals surface area contributed by atoms with E-state index in [2.05, 4.69) is 77.9 Å². The molecule has 8 rings (SSSR count). The van der Waals surface area contributed by atoms with Gasteiger partial charge in [-0.3, -0.25) is 57.5 Å². The second kappa shape index (κ2) is 53.1. The molecule has 13 N–H and O–H groups in total. The number of amides is 8. The predicted octanol–water partition coefficient (Wildman–Crippen LogP) is 4.08. The first-order chi connectivity index (χ1) is 62.5. The molecule has 131 heavy (non-hydrogen) atoms. The molecule has 714 valence electrons. The van der Waals surface area contributed by atoms with E-state index in [1.165, 1.54) is 19.3 Å². The van der Waals surface area contributed by atoms with E-state index in [1.807, 2.05) is 56.1 Å². The van der Waals surface area contributed by atoms with Crippen molar-refractivity contribution < 1.29 is 83.7 Å². The van der Waals surface area contributed by atoms with Gasteiger partial charge in [-0.15, -0.1) is 0 Å². The van der Waals surface area contributed by atoms with E-state index in [4.69, 9.17) is 18.9 Å². The number of likely N-dealkylation sites (N-methyl/N-ethyl adjacent to an activating group) is 1. The predicted molar refractivity (Wildman–Crippen MR) is 495 cm³/mol. The maximum atomic E-state index is 13.9. The van der Waals surface area contributed by atoms with Gasteiger partial charge in [0, 0.05) is 200 Å². The number of rotatable bonds is 54. The highest BCUT2D eigenvalue weighted by Gasteiger charge is 2.33. The number of anilines is 2. The van der Waals surface area contributed by atoms with Crippen LogP contribution in [0.5, 0.6) is 0 Å².